The maximum Gasteiger partial charge on any atom is 0.159 e. The average molecular weight is 532 g/mol. The molecule has 0 bridgehead atoms. The Kier molecular flexibility index (Phi) is 7.33. The molecule has 5 aromatic rings. The van der Waals surface area contributed by atoms with Crippen molar-refractivity contribution in [3.8, 4) is 44.9 Å². The summed E-state index contributed by atoms with van der Waals surface area (Å²) in [4.78, 5) is 4.04. The number of aromatic nitrogens is 1. The number of hydrogen-bond donors (Lipinski definition) is 0. The molecule has 0 aliphatic carbocycles. The quantitative estimate of drug-likeness (QED) is 0.210. The van der Waals surface area contributed by atoms with E-state index in [1.807, 2.05) is 36.4 Å². The zero-order valence-electron chi connectivity index (χ0n) is 20.2. The summed E-state index contributed by atoms with van der Waals surface area (Å²) >= 11 is 6.19. The van der Waals surface area contributed by atoms with E-state index in [1.165, 1.54) is 18.2 Å². The first-order valence-corrected chi connectivity index (χ1v) is 12.1. The topological polar surface area (TPSA) is 31.4 Å². The molecular weight excluding hydrogens is 511 g/mol. The second kappa shape index (κ2) is 11.0. The van der Waals surface area contributed by atoms with Gasteiger partial charge < -0.3 is 9.47 Å². The van der Waals surface area contributed by atoms with E-state index < -0.39 is 17.5 Å². The second-order valence-corrected chi connectivity index (χ2v) is 8.90. The Balaban J connectivity index is 1.78. The molecule has 5 rings (SSSR count). The molecule has 0 saturated carbocycles. The molecule has 1 aromatic heterocycles. The second-order valence-electron chi connectivity index (χ2n) is 8.49. The molecule has 3 nitrogen and oxygen atoms in total. The van der Waals surface area contributed by atoms with E-state index in [0.717, 1.165) is 23.3 Å². The summed E-state index contributed by atoms with van der Waals surface area (Å²) in [5.74, 6) is -1.30. The Hall–Kier alpha value is -4.29. The summed E-state index contributed by atoms with van der Waals surface area (Å²) in [5.41, 5.74) is 4.59. The van der Waals surface area contributed by atoms with Gasteiger partial charge in [0.05, 0.1) is 12.1 Å². The number of halogens is 4. The summed E-state index contributed by atoms with van der Waals surface area (Å²) in [6.45, 7) is 0.264. The molecule has 1 heterocycles. The maximum absolute atomic E-state index is 14.3. The van der Waals surface area contributed by atoms with E-state index in [0.29, 0.717) is 39.3 Å². The van der Waals surface area contributed by atoms with Crippen LogP contribution in [0.25, 0.3) is 33.4 Å². The Morgan fingerprint density at radius 2 is 1.37 bits per heavy atom. The Morgan fingerprint density at radius 1 is 0.684 bits per heavy atom. The lowest BCUT2D eigenvalue weighted by Crippen LogP contribution is -2.00. The predicted molar refractivity (Wildman–Crippen MR) is 143 cm³/mol. The van der Waals surface area contributed by atoms with Crippen LogP contribution in [-0.4, -0.2) is 12.1 Å². The molecule has 0 aliphatic rings. The fourth-order valence-corrected chi connectivity index (χ4v) is 4.42. The summed E-state index contributed by atoms with van der Waals surface area (Å²) in [6, 6.07) is 22.7. The van der Waals surface area contributed by atoms with Gasteiger partial charge >= 0.3 is 0 Å². The van der Waals surface area contributed by atoms with Crippen molar-refractivity contribution >= 4 is 11.6 Å². The highest BCUT2D eigenvalue weighted by atomic mass is 35.5. The first-order valence-electron chi connectivity index (χ1n) is 11.7. The van der Waals surface area contributed by atoms with E-state index >= 15 is 0 Å². The largest absolute Gasteiger partial charge is 0.497 e. The molecule has 0 N–H and O–H groups in total. The van der Waals surface area contributed by atoms with Gasteiger partial charge in [-0.2, -0.15) is 0 Å². The number of benzene rings is 4. The molecule has 0 saturated heterocycles. The van der Waals surface area contributed by atoms with Crippen molar-refractivity contribution in [1.82, 2.24) is 4.98 Å². The summed E-state index contributed by atoms with van der Waals surface area (Å²) < 4.78 is 53.9. The molecule has 7 heteroatoms. The summed E-state index contributed by atoms with van der Waals surface area (Å²) in [5, 5.41) is -0.0671. The third-order valence-corrected chi connectivity index (χ3v) is 6.42. The molecule has 0 aliphatic heterocycles. The van der Waals surface area contributed by atoms with Crippen LogP contribution in [0.4, 0.5) is 13.2 Å². The van der Waals surface area contributed by atoms with Gasteiger partial charge in [-0.05, 0) is 82.4 Å². The van der Waals surface area contributed by atoms with Crippen LogP contribution in [-0.2, 0) is 6.61 Å². The van der Waals surface area contributed by atoms with E-state index in [2.05, 4.69) is 4.98 Å². The highest BCUT2D eigenvalue weighted by molar-refractivity contribution is 6.31. The minimum atomic E-state index is -0.977. The molecule has 4 aromatic carbocycles. The van der Waals surface area contributed by atoms with Crippen LogP contribution in [0.15, 0.2) is 97.3 Å². The minimum Gasteiger partial charge on any atom is -0.497 e. The number of methoxy groups -OCH3 is 1. The minimum absolute atomic E-state index is 0.0671. The number of pyridine rings is 1. The fraction of sp³-hybridized carbons (Fsp3) is 0.0645. The molecule has 0 spiro atoms. The lowest BCUT2D eigenvalue weighted by Gasteiger charge is -2.21. The van der Waals surface area contributed by atoms with Crippen molar-refractivity contribution in [2.75, 3.05) is 7.11 Å². The monoisotopic (exact) mass is 531 g/mol. The third-order valence-electron chi connectivity index (χ3n) is 6.13. The lowest BCUT2D eigenvalue weighted by molar-refractivity contribution is 0.307. The predicted octanol–water partition coefficient (Wildman–Crippen LogP) is 8.74. The molecule has 190 valence electrons. The fourth-order valence-electron chi connectivity index (χ4n) is 4.24. The van der Waals surface area contributed by atoms with Crippen LogP contribution < -0.4 is 9.47 Å². The van der Waals surface area contributed by atoms with Gasteiger partial charge in [-0.25, -0.2) is 13.2 Å². The Labute approximate surface area is 223 Å². The van der Waals surface area contributed by atoms with Gasteiger partial charge in [0.25, 0.3) is 0 Å². The summed E-state index contributed by atoms with van der Waals surface area (Å²) in [6.07, 6.45) is 3.36. The van der Waals surface area contributed by atoms with Gasteiger partial charge in [-0.15, -0.1) is 0 Å². The van der Waals surface area contributed by atoms with Crippen LogP contribution in [0.5, 0.6) is 11.5 Å². The molecule has 38 heavy (non-hydrogen) atoms. The van der Waals surface area contributed by atoms with Crippen molar-refractivity contribution in [1.29, 1.82) is 0 Å². The average Bonchev–Trinajstić information content (AvgIpc) is 2.95. The van der Waals surface area contributed by atoms with Gasteiger partial charge in [0, 0.05) is 23.5 Å². The highest BCUT2D eigenvalue weighted by Crippen LogP contribution is 2.46. The van der Waals surface area contributed by atoms with Crippen molar-refractivity contribution in [2.45, 2.75) is 6.61 Å². The molecule has 0 atom stereocenters. The van der Waals surface area contributed by atoms with Gasteiger partial charge in [-0.1, -0.05) is 41.9 Å². The van der Waals surface area contributed by atoms with Crippen LogP contribution in [0.1, 0.15) is 5.56 Å². The Bertz CT molecular complexity index is 1590. The first kappa shape index (κ1) is 25.4. The molecule has 0 amide bonds. The number of hydrogen-bond acceptors (Lipinski definition) is 3. The van der Waals surface area contributed by atoms with E-state index in [9.17, 15) is 13.2 Å². The Morgan fingerprint density at radius 3 is 2.05 bits per heavy atom. The molecule has 0 unspecified atom stereocenters. The van der Waals surface area contributed by atoms with Gasteiger partial charge in [0.15, 0.2) is 11.6 Å². The van der Waals surface area contributed by atoms with E-state index in [4.69, 9.17) is 21.1 Å². The number of nitrogens with zero attached hydrogens (tertiary/aromatic N) is 1. The lowest BCUT2D eigenvalue weighted by atomic mass is 9.87. The third kappa shape index (κ3) is 5.22. The van der Waals surface area contributed by atoms with Gasteiger partial charge in [0.1, 0.15) is 23.9 Å². The smallest absolute Gasteiger partial charge is 0.159 e. The zero-order chi connectivity index (χ0) is 26.6. The van der Waals surface area contributed by atoms with E-state index in [-0.39, 0.29) is 11.6 Å². The molecule has 0 fully saturated rings. The van der Waals surface area contributed by atoms with Crippen molar-refractivity contribution in [3.63, 3.8) is 0 Å². The van der Waals surface area contributed by atoms with E-state index in [1.54, 1.807) is 37.7 Å². The van der Waals surface area contributed by atoms with Crippen molar-refractivity contribution in [3.05, 3.63) is 125 Å². The number of ether oxygens (including phenoxy) is 2. The van der Waals surface area contributed by atoms with Crippen molar-refractivity contribution < 1.29 is 22.6 Å². The normalized spacial score (nSPS) is 10.9. The van der Waals surface area contributed by atoms with Crippen LogP contribution in [0.3, 0.4) is 0 Å². The highest BCUT2D eigenvalue weighted by Gasteiger charge is 2.21. The van der Waals surface area contributed by atoms with Crippen LogP contribution >= 0.6 is 11.6 Å². The maximum atomic E-state index is 14.3. The van der Waals surface area contributed by atoms with Crippen LogP contribution in [0.2, 0.25) is 5.02 Å². The molecule has 0 radical (unpaired) electrons. The van der Waals surface area contributed by atoms with Gasteiger partial charge in [-0.3, -0.25) is 4.98 Å². The van der Waals surface area contributed by atoms with Crippen LogP contribution in [0, 0.1) is 17.5 Å². The van der Waals surface area contributed by atoms with Crippen molar-refractivity contribution in [2.24, 2.45) is 0 Å². The number of rotatable bonds is 7. The van der Waals surface area contributed by atoms with Gasteiger partial charge in [0.2, 0.25) is 0 Å². The zero-order valence-corrected chi connectivity index (χ0v) is 21.0. The first-order chi connectivity index (χ1) is 18.4. The summed E-state index contributed by atoms with van der Waals surface area (Å²) in [7, 11) is 1.58. The standard InChI is InChI=1S/C31H21ClF3NO2/c1-37-23-6-2-20(3-7-23)31-29(38-18-19-12-14-36-15-13-19)11-8-24(21-4-10-27(34)28(35)17-21)30(31)22-5-9-26(33)25(32)16-22/h2-17H,18H2,1H3. The SMILES string of the molecule is COc1ccc(-c2c(OCc3ccncc3)ccc(-c3ccc(F)c(F)c3)c2-c2ccc(F)c(Cl)c2)cc1. The molecular formula is C31H21ClF3NO2.